The molecule has 12 heteroatoms. The van der Waals surface area contributed by atoms with E-state index in [-0.39, 0.29) is 32.2 Å². The largest absolute Gasteiger partial charge is 0.414 e. The maximum absolute atomic E-state index is 13.8. The molecule has 0 spiro atoms. The van der Waals surface area contributed by atoms with Crippen molar-refractivity contribution in [1.29, 1.82) is 0 Å². The van der Waals surface area contributed by atoms with Gasteiger partial charge in [-0.05, 0) is 51.4 Å². The Bertz CT molecular complexity index is 777. The summed E-state index contributed by atoms with van der Waals surface area (Å²) in [5.74, 6) is -1.79. The first-order valence-corrected chi connectivity index (χ1v) is 12.2. The van der Waals surface area contributed by atoms with E-state index in [1.165, 1.54) is 0 Å². The van der Waals surface area contributed by atoms with E-state index in [2.05, 4.69) is 10.6 Å². The lowest BCUT2D eigenvalue weighted by molar-refractivity contribution is -0.206. The molecule has 3 N–H and O–H groups in total. The van der Waals surface area contributed by atoms with E-state index in [4.69, 9.17) is 21.1 Å². The summed E-state index contributed by atoms with van der Waals surface area (Å²) in [5, 5.41) is 16.1. The maximum Gasteiger partial charge on any atom is 0.414 e. The molecular weight excluding hydrogens is 484 g/mol. The number of carbonyl (C=O) groups excluding carboxylic acids is 2. The number of rotatable bonds is 6. The minimum absolute atomic E-state index is 0.146. The fourth-order valence-corrected chi connectivity index (χ4v) is 5.99. The SMILES string of the molecule is O=C(COC1CCC(Cl)C(F)C1)NC12CCC(NC(=O)C3COC(C(F)(F)F)C3)(CC1)CC2O. The molecular formula is C22H31ClF4N2O5. The van der Waals surface area contributed by atoms with Gasteiger partial charge in [-0.3, -0.25) is 9.59 Å². The molecule has 1 heterocycles. The van der Waals surface area contributed by atoms with Crippen molar-refractivity contribution in [2.75, 3.05) is 13.2 Å². The Morgan fingerprint density at radius 1 is 1.12 bits per heavy atom. The average Bonchev–Trinajstić information content (AvgIpc) is 3.27. The van der Waals surface area contributed by atoms with E-state index in [0.29, 0.717) is 38.5 Å². The zero-order chi connectivity index (χ0) is 24.7. The minimum Gasteiger partial charge on any atom is -0.391 e. The van der Waals surface area contributed by atoms with Gasteiger partial charge in [0, 0.05) is 12.0 Å². The van der Waals surface area contributed by atoms with Crippen molar-refractivity contribution in [1.82, 2.24) is 10.6 Å². The van der Waals surface area contributed by atoms with Gasteiger partial charge in [0.1, 0.15) is 12.8 Å². The van der Waals surface area contributed by atoms with E-state index < -0.39 is 65.2 Å². The first-order valence-electron chi connectivity index (χ1n) is 11.8. The molecule has 6 atom stereocenters. The van der Waals surface area contributed by atoms with Crippen LogP contribution in [0, 0.1) is 5.92 Å². The highest BCUT2D eigenvalue weighted by atomic mass is 35.5. The Hall–Kier alpha value is -1.17. The normalized spacial score (nSPS) is 42.4. The second-order valence-corrected chi connectivity index (χ2v) is 10.8. The number of aliphatic hydroxyl groups excluding tert-OH is 1. The van der Waals surface area contributed by atoms with E-state index in [9.17, 15) is 32.3 Å². The highest BCUT2D eigenvalue weighted by Gasteiger charge is 2.56. The second-order valence-electron chi connectivity index (χ2n) is 10.3. The summed E-state index contributed by atoms with van der Waals surface area (Å²) in [7, 11) is 0. The third kappa shape index (κ3) is 5.47. The van der Waals surface area contributed by atoms with E-state index in [0.717, 1.165) is 0 Å². The number of fused-ring (bicyclic) bond motifs is 3. The minimum atomic E-state index is -4.50. The Morgan fingerprint density at radius 3 is 2.41 bits per heavy atom. The van der Waals surface area contributed by atoms with Crippen molar-refractivity contribution in [2.24, 2.45) is 5.92 Å². The third-order valence-electron chi connectivity index (χ3n) is 7.93. The standard InChI is InChI=1S/C22H31ClF4N2O5/c23-14-2-1-13(8-15(14)24)33-11-18(31)28-21-5-3-20(4-6-21,9-16(21)30)29-19(32)12-7-17(34-10-12)22(25,26)27/h12-17,30H,1-11H2,(H,28,31)(H,29,32). The Kier molecular flexibility index (Phi) is 7.40. The lowest BCUT2D eigenvalue weighted by Crippen LogP contribution is -2.70. The summed E-state index contributed by atoms with van der Waals surface area (Å²) in [4.78, 5) is 25.2. The van der Waals surface area contributed by atoms with Gasteiger partial charge >= 0.3 is 6.18 Å². The van der Waals surface area contributed by atoms with Crippen LogP contribution in [0.3, 0.4) is 0 Å². The van der Waals surface area contributed by atoms with Crippen LogP contribution in [0.1, 0.15) is 57.8 Å². The number of alkyl halides is 5. The van der Waals surface area contributed by atoms with Crippen LogP contribution >= 0.6 is 11.6 Å². The van der Waals surface area contributed by atoms with Crippen molar-refractivity contribution >= 4 is 23.4 Å². The fraction of sp³-hybridized carbons (Fsp3) is 0.909. The highest BCUT2D eigenvalue weighted by Crippen LogP contribution is 2.47. The van der Waals surface area contributed by atoms with Crippen LogP contribution in [0.5, 0.6) is 0 Å². The van der Waals surface area contributed by atoms with Crippen LogP contribution in [0.4, 0.5) is 17.6 Å². The van der Waals surface area contributed by atoms with Crippen molar-refractivity contribution < 1.29 is 41.7 Å². The van der Waals surface area contributed by atoms with Gasteiger partial charge in [-0.1, -0.05) is 0 Å². The molecule has 2 bridgehead atoms. The first kappa shape index (κ1) is 25.9. The molecule has 194 valence electrons. The number of hydrogen-bond donors (Lipinski definition) is 3. The molecule has 6 unspecified atom stereocenters. The lowest BCUT2D eigenvalue weighted by Gasteiger charge is -2.56. The van der Waals surface area contributed by atoms with Gasteiger partial charge in [-0.15, -0.1) is 11.6 Å². The Balaban J connectivity index is 1.26. The molecule has 1 saturated heterocycles. The van der Waals surface area contributed by atoms with Gasteiger partial charge < -0.3 is 25.2 Å². The first-order chi connectivity index (χ1) is 15.9. The summed E-state index contributed by atoms with van der Waals surface area (Å²) in [6.07, 6.45) is -6.13. The van der Waals surface area contributed by atoms with Gasteiger partial charge in [0.05, 0.1) is 35.6 Å². The molecule has 0 aromatic heterocycles. The fourth-order valence-electron chi connectivity index (χ4n) is 5.76. The Labute approximate surface area is 200 Å². The van der Waals surface area contributed by atoms with Crippen LogP contribution in [0.25, 0.3) is 0 Å². The number of aliphatic hydroxyl groups is 1. The van der Waals surface area contributed by atoms with Crippen LogP contribution < -0.4 is 10.6 Å². The smallest absolute Gasteiger partial charge is 0.391 e. The summed E-state index contributed by atoms with van der Waals surface area (Å²) in [6, 6.07) is 0. The molecule has 5 rings (SSSR count). The molecule has 0 aromatic rings. The third-order valence-corrected chi connectivity index (χ3v) is 8.42. The van der Waals surface area contributed by atoms with Gasteiger partial charge in [0.25, 0.3) is 0 Å². The maximum atomic E-state index is 13.8. The summed E-state index contributed by atoms with van der Waals surface area (Å²) < 4.78 is 62.6. The number of carbonyl (C=O) groups is 2. The molecule has 5 fully saturated rings. The van der Waals surface area contributed by atoms with Gasteiger partial charge in [-0.25, -0.2) is 4.39 Å². The number of hydrogen-bond acceptors (Lipinski definition) is 5. The van der Waals surface area contributed by atoms with E-state index >= 15 is 0 Å². The number of ether oxygens (including phenoxy) is 2. The Morgan fingerprint density at radius 2 is 1.82 bits per heavy atom. The van der Waals surface area contributed by atoms with Crippen molar-refractivity contribution in [3.05, 3.63) is 0 Å². The molecule has 1 aliphatic heterocycles. The highest BCUT2D eigenvalue weighted by molar-refractivity contribution is 6.21. The molecule has 34 heavy (non-hydrogen) atoms. The van der Waals surface area contributed by atoms with Gasteiger partial charge in [0.15, 0.2) is 6.10 Å². The second kappa shape index (κ2) is 9.71. The molecule has 5 aliphatic rings. The number of amides is 2. The van der Waals surface area contributed by atoms with E-state index in [1.54, 1.807) is 0 Å². The van der Waals surface area contributed by atoms with Crippen LogP contribution in [-0.4, -0.2) is 77.2 Å². The lowest BCUT2D eigenvalue weighted by atomic mass is 9.59. The summed E-state index contributed by atoms with van der Waals surface area (Å²) in [6.45, 7) is -0.535. The topological polar surface area (TPSA) is 96.9 Å². The number of halogens is 5. The van der Waals surface area contributed by atoms with Crippen molar-refractivity contribution in [3.63, 3.8) is 0 Å². The molecule has 2 amide bonds. The zero-order valence-electron chi connectivity index (χ0n) is 18.7. The van der Waals surface area contributed by atoms with Gasteiger partial charge in [-0.2, -0.15) is 13.2 Å². The zero-order valence-corrected chi connectivity index (χ0v) is 19.5. The molecule has 0 aromatic carbocycles. The van der Waals surface area contributed by atoms with Crippen molar-refractivity contribution in [2.45, 2.75) is 105 Å². The van der Waals surface area contributed by atoms with Crippen LogP contribution in [0.15, 0.2) is 0 Å². The van der Waals surface area contributed by atoms with Crippen LogP contribution in [0.2, 0.25) is 0 Å². The number of nitrogens with one attached hydrogen (secondary N) is 2. The predicted octanol–water partition coefficient (Wildman–Crippen LogP) is 2.52. The predicted molar refractivity (Wildman–Crippen MR) is 113 cm³/mol. The summed E-state index contributed by atoms with van der Waals surface area (Å²) in [5.41, 5.74) is -1.56. The van der Waals surface area contributed by atoms with Crippen molar-refractivity contribution in [3.8, 4) is 0 Å². The summed E-state index contributed by atoms with van der Waals surface area (Å²) >= 11 is 5.87. The van der Waals surface area contributed by atoms with Gasteiger partial charge in [0.2, 0.25) is 11.8 Å². The average molecular weight is 515 g/mol. The molecule has 4 saturated carbocycles. The molecule has 4 aliphatic carbocycles. The quantitative estimate of drug-likeness (QED) is 0.374. The molecule has 7 nitrogen and oxygen atoms in total. The van der Waals surface area contributed by atoms with Crippen LogP contribution in [-0.2, 0) is 19.1 Å². The monoisotopic (exact) mass is 514 g/mol. The molecule has 0 radical (unpaired) electrons. The van der Waals surface area contributed by atoms with E-state index in [1.807, 2.05) is 0 Å².